The van der Waals surface area contributed by atoms with Crippen LogP contribution in [0.2, 0.25) is 0 Å². The molecule has 81 valence electrons. The maximum absolute atomic E-state index is 11.4. The maximum Gasteiger partial charge on any atom is 0.409 e. The van der Waals surface area contributed by atoms with Crippen LogP contribution in [0, 0.1) is 6.10 Å². The molecule has 4 nitrogen and oxygen atoms in total. The first-order valence-electron chi connectivity index (χ1n) is 5.19. The molecule has 1 aliphatic rings. The predicted molar refractivity (Wildman–Crippen MR) is 52.2 cm³/mol. The van der Waals surface area contributed by atoms with Gasteiger partial charge in [0.25, 0.3) is 0 Å². The van der Waals surface area contributed by atoms with Crippen molar-refractivity contribution in [3.63, 3.8) is 0 Å². The third-order valence-corrected chi connectivity index (χ3v) is 2.32. The lowest BCUT2D eigenvalue weighted by molar-refractivity contribution is 0.0855. The molecule has 0 aromatic heterocycles. The first kappa shape index (κ1) is 11.3. The van der Waals surface area contributed by atoms with Gasteiger partial charge in [0.2, 0.25) is 0 Å². The minimum atomic E-state index is -0.244. The van der Waals surface area contributed by atoms with E-state index in [4.69, 9.17) is 9.84 Å². The third kappa shape index (κ3) is 3.54. The highest BCUT2D eigenvalue weighted by molar-refractivity contribution is 5.67. The van der Waals surface area contributed by atoms with Crippen molar-refractivity contribution in [1.29, 1.82) is 0 Å². The second-order valence-corrected chi connectivity index (χ2v) is 3.52. The van der Waals surface area contributed by atoms with Crippen molar-refractivity contribution in [2.24, 2.45) is 0 Å². The van der Waals surface area contributed by atoms with Gasteiger partial charge in [0.1, 0.15) is 0 Å². The first-order valence-corrected chi connectivity index (χ1v) is 5.19. The highest BCUT2D eigenvalue weighted by atomic mass is 16.6. The molecule has 0 aliphatic carbocycles. The van der Waals surface area contributed by atoms with Crippen LogP contribution < -0.4 is 0 Å². The fourth-order valence-electron chi connectivity index (χ4n) is 1.34. The van der Waals surface area contributed by atoms with Crippen molar-refractivity contribution < 1.29 is 14.6 Å². The molecule has 1 amide bonds. The Morgan fingerprint density at radius 3 is 2.71 bits per heavy atom. The lowest BCUT2D eigenvalue weighted by atomic mass is 10.1. The number of rotatable bonds is 3. The molecule has 4 heteroatoms. The molecule has 1 saturated heterocycles. The van der Waals surface area contributed by atoms with Crippen LogP contribution in [0.3, 0.4) is 0 Å². The van der Waals surface area contributed by atoms with Crippen molar-refractivity contribution in [2.75, 3.05) is 19.7 Å². The molecular weight excluding hydrogens is 182 g/mol. The topological polar surface area (TPSA) is 49.8 Å². The molecule has 1 radical (unpaired) electrons. The zero-order valence-electron chi connectivity index (χ0n) is 8.66. The monoisotopic (exact) mass is 200 g/mol. The summed E-state index contributed by atoms with van der Waals surface area (Å²) in [5.41, 5.74) is 0. The smallest absolute Gasteiger partial charge is 0.409 e. The third-order valence-electron chi connectivity index (χ3n) is 2.32. The summed E-state index contributed by atoms with van der Waals surface area (Å²) in [6, 6.07) is 0. The molecule has 14 heavy (non-hydrogen) atoms. The zero-order valence-corrected chi connectivity index (χ0v) is 8.66. The average molecular weight is 200 g/mol. The van der Waals surface area contributed by atoms with E-state index in [-0.39, 0.29) is 6.09 Å². The van der Waals surface area contributed by atoms with Crippen molar-refractivity contribution >= 4 is 6.09 Å². The van der Waals surface area contributed by atoms with E-state index in [2.05, 4.69) is 6.92 Å². The lowest BCUT2D eigenvalue weighted by Gasteiger charge is -2.28. The fraction of sp³-hybridized carbons (Fsp3) is 0.800. The van der Waals surface area contributed by atoms with Gasteiger partial charge >= 0.3 is 6.09 Å². The van der Waals surface area contributed by atoms with Crippen LogP contribution in [0.15, 0.2) is 0 Å². The number of aliphatic hydroxyl groups is 1. The fourth-order valence-corrected chi connectivity index (χ4v) is 1.34. The molecule has 0 saturated carbocycles. The molecule has 0 aromatic carbocycles. The van der Waals surface area contributed by atoms with Crippen LogP contribution >= 0.6 is 0 Å². The van der Waals surface area contributed by atoms with Crippen molar-refractivity contribution in [1.82, 2.24) is 4.90 Å². The van der Waals surface area contributed by atoms with E-state index in [9.17, 15) is 4.79 Å². The highest BCUT2D eigenvalue weighted by Crippen LogP contribution is 2.16. The number of unbranched alkanes of at least 4 members (excludes halogenated alkanes) is 1. The van der Waals surface area contributed by atoms with E-state index in [1.54, 1.807) is 4.90 Å². The zero-order chi connectivity index (χ0) is 10.4. The molecule has 1 aliphatic heterocycles. The maximum atomic E-state index is 11.4. The van der Waals surface area contributed by atoms with Crippen LogP contribution in [-0.4, -0.2) is 35.8 Å². The number of hydrogen-bond donors (Lipinski definition) is 1. The van der Waals surface area contributed by atoms with Gasteiger partial charge in [-0.2, -0.15) is 0 Å². The minimum absolute atomic E-state index is 0.244. The Morgan fingerprint density at radius 2 is 2.14 bits per heavy atom. The van der Waals surface area contributed by atoms with Gasteiger partial charge in [-0.3, -0.25) is 0 Å². The van der Waals surface area contributed by atoms with Gasteiger partial charge in [-0.25, -0.2) is 4.79 Å². The molecule has 1 fully saturated rings. The minimum Gasteiger partial charge on any atom is -0.449 e. The number of amides is 1. The molecule has 0 atom stereocenters. The van der Waals surface area contributed by atoms with Crippen LogP contribution in [-0.2, 0) is 4.74 Å². The van der Waals surface area contributed by atoms with Crippen molar-refractivity contribution in [2.45, 2.75) is 32.6 Å². The Kier molecular flexibility index (Phi) is 4.73. The van der Waals surface area contributed by atoms with Gasteiger partial charge in [-0.15, -0.1) is 0 Å². The number of piperidine rings is 1. The number of carbonyl (C=O) groups is 1. The number of likely N-dealkylation sites (tertiary alicyclic amines) is 1. The Bertz CT molecular complexity index is 176. The quantitative estimate of drug-likeness (QED) is 0.708. The molecule has 0 bridgehead atoms. The summed E-state index contributed by atoms with van der Waals surface area (Å²) < 4.78 is 5.05. The number of ether oxygens (including phenoxy) is 1. The van der Waals surface area contributed by atoms with E-state index in [1.165, 1.54) is 0 Å². The van der Waals surface area contributed by atoms with Gasteiger partial charge < -0.3 is 14.7 Å². The molecule has 0 spiro atoms. The first-order chi connectivity index (χ1) is 6.74. The summed E-state index contributed by atoms with van der Waals surface area (Å²) in [5.74, 6) is 0. The van der Waals surface area contributed by atoms with Gasteiger partial charge in [0.05, 0.1) is 12.7 Å². The van der Waals surface area contributed by atoms with Gasteiger partial charge in [-0.05, 0) is 19.3 Å². The molecule has 1 N–H and O–H groups in total. The van der Waals surface area contributed by atoms with E-state index in [0.29, 0.717) is 38.6 Å². The molecule has 1 rings (SSSR count). The summed E-state index contributed by atoms with van der Waals surface area (Å²) in [4.78, 5) is 13.0. The summed E-state index contributed by atoms with van der Waals surface area (Å²) in [5, 5.41) is 9.16. The Balaban J connectivity index is 2.17. The molecule has 1 heterocycles. The summed E-state index contributed by atoms with van der Waals surface area (Å²) in [7, 11) is 0. The second kappa shape index (κ2) is 5.86. The van der Waals surface area contributed by atoms with Crippen LogP contribution in [0.5, 0.6) is 0 Å². The number of nitrogens with zero attached hydrogens (tertiary/aromatic N) is 1. The molecular formula is C10H18NO3. The number of carbonyl (C=O) groups excluding carboxylic acids is 1. The summed E-state index contributed by atoms with van der Waals surface area (Å²) in [6.07, 6.45) is 3.36. The number of aliphatic hydroxyl groups excluding tert-OH is 1. The SMILES string of the molecule is CCCCOC(=O)N1CC[C](O)CC1. The largest absolute Gasteiger partial charge is 0.449 e. The van der Waals surface area contributed by atoms with E-state index in [0.717, 1.165) is 12.8 Å². The standard InChI is InChI=1S/C10H18NO3/c1-2-3-8-14-10(13)11-6-4-9(12)5-7-11/h12H,2-8H2,1H3. The Morgan fingerprint density at radius 1 is 1.50 bits per heavy atom. The van der Waals surface area contributed by atoms with Gasteiger partial charge in [0, 0.05) is 13.1 Å². The molecule has 0 unspecified atom stereocenters. The van der Waals surface area contributed by atoms with Crippen LogP contribution in [0.25, 0.3) is 0 Å². The van der Waals surface area contributed by atoms with E-state index in [1.807, 2.05) is 0 Å². The highest BCUT2D eigenvalue weighted by Gasteiger charge is 2.22. The Hall–Kier alpha value is -0.770. The Labute approximate surface area is 84.8 Å². The average Bonchev–Trinajstić information content (AvgIpc) is 2.19. The number of hydrogen-bond acceptors (Lipinski definition) is 3. The van der Waals surface area contributed by atoms with Crippen LogP contribution in [0.1, 0.15) is 32.6 Å². The molecule has 0 aromatic rings. The van der Waals surface area contributed by atoms with Crippen LogP contribution in [0.4, 0.5) is 4.79 Å². The predicted octanol–water partition coefficient (Wildman–Crippen LogP) is 1.92. The summed E-state index contributed by atoms with van der Waals surface area (Å²) in [6.45, 7) is 3.72. The second-order valence-electron chi connectivity index (χ2n) is 3.52. The lowest BCUT2D eigenvalue weighted by Crippen LogP contribution is -2.38. The van der Waals surface area contributed by atoms with Crippen molar-refractivity contribution in [3.05, 3.63) is 6.10 Å². The van der Waals surface area contributed by atoms with Crippen molar-refractivity contribution in [3.8, 4) is 0 Å². The van der Waals surface area contributed by atoms with Gasteiger partial charge in [0.15, 0.2) is 0 Å². The van der Waals surface area contributed by atoms with E-state index >= 15 is 0 Å². The van der Waals surface area contributed by atoms with E-state index < -0.39 is 0 Å². The normalized spacial score (nSPS) is 18.3. The van der Waals surface area contributed by atoms with Gasteiger partial charge in [-0.1, -0.05) is 13.3 Å². The summed E-state index contributed by atoms with van der Waals surface area (Å²) >= 11 is 0.